The highest BCUT2D eigenvalue weighted by atomic mass is 35.5. The van der Waals surface area contributed by atoms with Crippen molar-refractivity contribution in [1.29, 1.82) is 0 Å². The van der Waals surface area contributed by atoms with Gasteiger partial charge in [0.1, 0.15) is 5.21 Å². The summed E-state index contributed by atoms with van der Waals surface area (Å²) < 4.78 is 37.4. The van der Waals surface area contributed by atoms with Gasteiger partial charge in [0.2, 0.25) is 10.0 Å². The minimum absolute atomic E-state index is 0.158. The quantitative estimate of drug-likeness (QED) is 0.827. The van der Waals surface area contributed by atoms with Gasteiger partial charge in [-0.05, 0) is 30.3 Å². The topological polar surface area (TPSA) is 63.2 Å². The maximum atomic E-state index is 12.3. The van der Waals surface area contributed by atoms with Gasteiger partial charge in [0, 0.05) is 9.79 Å². The van der Waals surface area contributed by atoms with Crippen LogP contribution in [0, 0.1) is 0 Å². The van der Waals surface area contributed by atoms with E-state index < -0.39 is 26.0 Å². The van der Waals surface area contributed by atoms with Gasteiger partial charge >= 0.3 is 0 Å². The van der Waals surface area contributed by atoms with Crippen LogP contribution in [0.2, 0.25) is 5.02 Å². The molecule has 21 heavy (non-hydrogen) atoms. The Morgan fingerprint density at radius 1 is 1.05 bits per heavy atom. The molecule has 2 aromatic rings. The lowest BCUT2D eigenvalue weighted by Crippen LogP contribution is -2.13. The summed E-state index contributed by atoms with van der Waals surface area (Å²) in [6, 6.07) is 13.4. The molecule has 1 N–H and O–H groups in total. The highest BCUT2D eigenvalue weighted by molar-refractivity contribution is 7.93. The summed E-state index contributed by atoms with van der Waals surface area (Å²) >= 11 is 11.3. The molecule has 0 aliphatic heterocycles. The number of hydrogen-bond acceptors (Lipinski definition) is 3. The molecule has 0 fully saturated rings. The van der Waals surface area contributed by atoms with Gasteiger partial charge in [0.15, 0.2) is 0 Å². The molecule has 0 spiro atoms. The van der Waals surface area contributed by atoms with Gasteiger partial charge in [0.25, 0.3) is 0 Å². The van der Waals surface area contributed by atoms with Crippen LogP contribution in [-0.2, 0) is 20.8 Å². The van der Waals surface area contributed by atoms with Crippen LogP contribution in [0.5, 0.6) is 0 Å². The van der Waals surface area contributed by atoms with E-state index in [1.165, 1.54) is 12.1 Å². The van der Waals surface area contributed by atoms with Crippen LogP contribution in [0.15, 0.2) is 58.3 Å². The normalized spacial score (nSPS) is 12.9. The second kappa shape index (κ2) is 6.79. The number of sulfonamides is 1. The number of alkyl halides is 1. The van der Waals surface area contributed by atoms with Crippen LogP contribution < -0.4 is 4.72 Å². The molecule has 0 aromatic heterocycles. The number of hydrogen-bond donors (Lipinski definition) is 1. The van der Waals surface area contributed by atoms with Crippen LogP contribution >= 0.6 is 23.2 Å². The summed E-state index contributed by atoms with van der Waals surface area (Å²) in [7, 11) is -5.00. The zero-order chi connectivity index (χ0) is 15.5. The van der Waals surface area contributed by atoms with E-state index in [0.717, 1.165) is 0 Å². The first-order valence-corrected chi connectivity index (χ1v) is 9.47. The number of halogens is 2. The fourth-order valence-corrected chi connectivity index (χ4v) is 3.74. The summed E-state index contributed by atoms with van der Waals surface area (Å²) in [4.78, 5) is 1.13. The molecule has 112 valence electrons. The van der Waals surface area contributed by atoms with E-state index in [1.54, 1.807) is 30.3 Å². The van der Waals surface area contributed by atoms with Crippen molar-refractivity contribution in [3.05, 3.63) is 53.6 Å². The van der Waals surface area contributed by atoms with Gasteiger partial charge in [-0.1, -0.05) is 29.8 Å². The van der Waals surface area contributed by atoms with E-state index in [4.69, 9.17) is 23.2 Å². The molecule has 0 bridgehead atoms. The zero-order valence-electron chi connectivity index (χ0n) is 10.6. The Morgan fingerprint density at radius 2 is 1.71 bits per heavy atom. The Bertz CT molecular complexity index is 764. The Labute approximate surface area is 135 Å². The first-order valence-electron chi connectivity index (χ1n) is 5.76. The summed E-state index contributed by atoms with van der Waals surface area (Å²) in [5.41, 5.74) is 0.200. The smallest absolute Gasteiger partial charge is 0.246 e. The largest absolute Gasteiger partial charge is 0.281 e. The first-order chi connectivity index (χ1) is 9.93. The third kappa shape index (κ3) is 4.20. The molecule has 0 aliphatic rings. The predicted octanol–water partition coefficient (Wildman–Crippen LogP) is 3.44. The SMILES string of the molecule is O=S(c1ccccc1)c1ccc(NS(=O)(=O)CCl)c(Cl)c1. The zero-order valence-corrected chi connectivity index (χ0v) is 13.8. The summed E-state index contributed by atoms with van der Waals surface area (Å²) in [6.45, 7) is 0. The van der Waals surface area contributed by atoms with Crippen molar-refractivity contribution in [1.82, 2.24) is 0 Å². The van der Waals surface area contributed by atoms with Crippen molar-refractivity contribution < 1.29 is 12.6 Å². The van der Waals surface area contributed by atoms with Gasteiger partial charge in [-0.3, -0.25) is 4.72 Å². The predicted molar refractivity (Wildman–Crippen MR) is 85.8 cm³/mol. The van der Waals surface area contributed by atoms with E-state index in [0.29, 0.717) is 9.79 Å². The minimum atomic E-state index is -3.63. The van der Waals surface area contributed by atoms with E-state index in [1.807, 2.05) is 6.07 Å². The van der Waals surface area contributed by atoms with Crippen LogP contribution in [0.25, 0.3) is 0 Å². The van der Waals surface area contributed by atoms with Crippen molar-refractivity contribution in [3.63, 3.8) is 0 Å². The van der Waals surface area contributed by atoms with Gasteiger partial charge in [0.05, 0.1) is 21.5 Å². The lowest BCUT2D eigenvalue weighted by Gasteiger charge is -2.09. The molecule has 1 unspecified atom stereocenters. The Kier molecular flexibility index (Phi) is 5.27. The molecule has 0 saturated carbocycles. The maximum absolute atomic E-state index is 12.3. The van der Waals surface area contributed by atoms with Crippen molar-refractivity contribution in [2.24, 2.45) is 0 Å². The number of nitrogens with one attached hydrogen (secondary N) is 1. The van der Waals surface area contributed by atoms with Gasteiger partial charge in [-0.2, -0.15) is 0 Å². The highest BCUT2D eigenvalue weighted by Gasteiger charge is 2.13. The Hall–Kier alpha value is -1.08. The van der Waals surface area contributed by atoms with Crippen molar-refractivity contribution in [2.75, 3.05) is 9.93 Å². The maximum Gasteiger partial charge on any atom is 0.246 e. The molecule has 1 atom stereocenters. The fraction of sp³-hybridized carbons (Fsp3) is 0.0769. The van der Waals surface area contributed by atoms with Gasteiger partial charge in [-0.25, -0.2) is 12.6 Å². The monoisotopic (exact) mass is 363 g/mol. The average molecular weight is 364 g/mol. The van der Waals surface area contributed by atoms with Crippen molar-refractivity contribution >= 4 is 49.7 Å². The molecule has 0 heterocycles. The number of anilines is 1. The molecule has 2 aromatic carbocycles. The fourth-order valence-electron chi connectivity index (χ4n) is 1.57. The van der Waals surface area contributed by atoms with E-state index in [2.05, 4.69) is 4.72 Å². The molecule has 0 saturated heterocycles. The number of rotatable bonds is 5. The standard InChI is InChI=1S/C13H11Cl2NO3S2/c14-9-21(18,19)16-13-7-6-11(8-12(13)15)20(17)10-4-2-1-3-5-10/h1-8,16H,9H2. The van der Waals surface area contributed by atoms with Crippen molar-refractivity contribution in [2.45, 2.75) is 9.79 Å². The Morgan fingerprint density at radius 3 is 2.29 bits per heavy atom. The second-order valence-corrected chi connectivity index (χ2v) is 8.24. The summed E-state index contributed by atoms with van der Waals surface area (Å²) in [6.07, 6.45) is 0. The van der Waals surface area contributed by atoms with Crippen molar-refractivity contribution in [3.8, 4) is 0 Å². The summed E-state index contributed by atoms with van der Waals surface area (Å²) in [5, 5.41) is -0.411. The molecule has 2 rings (SSSR count). The van der Waals surface area contributed by atoms with E-state index >= 15 is 0 Å². The minimum Gasteiger partial charge on any atom is -0.281 e. The van der Waals surface area contributed by atoms with Gasteiger partial charge in [-0.15, -0.1) is 11.6 Å². The van der Waals surface area contributed by atoms with Crippen LogP contribution in [0.1, 0.15) is 0 Å². The molecule has 0 amide bonds. The first kappa shape index (κ1) is 16.3. The molecule has 4 nitrogen and oxygen atoms in total. The van der Waals surface area contributed by atoms with Crippen LogP contribution in [0.3, 0.4) is 0 Å². The summed E-state index contributed by atoms with van der Waals surface area (Å²) in [5.74, 6) is 0. The molecule has 8 heteroatoms. The molecule has 0 radical (unpaired) electrons. The van der Waals surface area contributed by atoms with Crippen LogP contribution in [0.4, 0.5) is 5.69 Å². The van der Waals surface area contributed by atoms with Crippen LogP contribution in [-0.4, -0.2) is 17.8 Å². The van der Waals surface area contributed by atoms with E-state index in [9.17, 15) is 12.6 Å². The Balaban J connectivity index is 2.30. The lowest BCUT2D eigenvalue weighted by atomic mass is 10.3. The van der Waals surface area contributed by atoms with Gasteiger partial charge < -0.3 is 0 Å². The van der Waals surface area contributed by atoms with E-state index in [-0.39, 0.29) is 10.7 Å². The highest BCUT2D eigenvalue weighted by Crippen LogP contribution is 2.27. The average Bonchev–Trinajstić information content (AvgIpc) is 2.49. The second-order valence-electron chi connectivity index (χ2n) is 4.05. The third-order valence-electron chi connectivity index (χ3n) is 2.52. The molecular weight excluding hydrogens is 353 g/mol. The number of benzene rings is 2. The molecular formula is C13H11Cl2NO3S2. The third-order valence-corrected chi connectivity index (χ3v) is 5.90. The lowest BCUT2D eigenvalue weighted by molar-refractivity contribution is 0.605. The molecule has 0 aliphatic carbocycles.